The zero-order valence-corrected chi connectivity index (χ0v) is 12.0. The Kier molecular flexibility index (Phi) is 3.48. The van der Waals surface area contributed by atoms with Crippen molar-refractivity contribution in [1.29, 1.82) is 0 Å². The van der Waals surface area contributed by atoms with Gasteiger partial charge in [-0.1, -0.05) is 0 Å². The molecule has 3 heterocycles. The number of rotatable bonds is 3. The van der Waals surface area contributed by atoms with E-state index in [1.807, 2.05) is 30.0 Å². The van der Waals surface area contributed by atoms with Crippen LogP contribution in [0.15, 0.2) is 23.5 Å². The van der Waals surface area contributed by atoms with E-state index in [-0.39, 0.29) is 5.69 Å². The molecule has 8 nitrogen and oxygen atoms in total. The Hall–Kier alpha value is -2.19. The van der Waals surface area contributed by atoms with Crippen molar-refractivity contribution in [2.45, 2.75) is 19.3 Å². The molecule has 0 saturated heterocycles. The molecule has 8 heteroatoms. The average Bonchev–Trinajstić information content (AvgIpc) is 3.03. The number of nitrogens with zero attached hydrogens (tertiary/aromatic N) is 6. The molecule has 0 amide bonds. The molecule has 0 spiro atoms. The molecule has 0 radical (unpaired) electrons. The first-order valence-corrected chi connectivity index (χ1v) is 6.73. The summed E-state index contributed by atoms with van der Waals surface area (Å²) in [6.45, 7) is 1.31. The number of hydrogen-bond donors (Lipinski definition) is 2. The third-order valence-corrected chi connectivity index (χ3v) is 3.44. The largest absolute Gasteiger partial charge is 0.363 e. The maximum Gasteiger partial charge on any atom is 0.196 e. The van der Waals surface area contributed by atoms with Crippen LogP contribution in [0.5, 0.6) is 0 Å². The van der Waals surface area contributed by atoms with Gasteiger partial charge in [-0.15, -0.1) is 0 Å². The minimum absolute atomic E-state index is 0.224. The van der Waals surface area contributed by atoms with Gasteiger partial charge in [0.25, 0.3) is 0 Å². The molecular weight excluding hydrogens is 272 g/mol. The Bertz CT molecular complexity index is 718. The monoisotopic (exact) mass is 290 g/mol. The van der Waals surface area contributed by atoms with Crippen molar-refractivity contribution in [3.05, 3.63) is 41.0 Å². The molecule has 2 N–H and O–H groups in total. The highest BCUT2D eigenvalue weighted by atomic mass is 16.5. The van der Waals surface area contributed by atoms with Crippen LogP contribution in [0.3, 0.4) is 0 Å². The van der Waals surface area contributed by atoms with Crippen LogP contribution < -0.4 is 10.5 Å². The summed E-state index contributed by atoms with van der Waals surface area (Å²) >= 11 is 0. The molecule has 0 atom stereocenters. The number of aliphatic hydroxyl groups is 2. The molecule has 0 aromatic carbocycles. The summed E-state index contributed by atoms with van der Waals surface area (Å²) in [5.41, 5.74) is 1.88. The van der Waals surface area contributed by atoms with Crippen LogP contribution in [0.1, 0.15) is 23.4 Å². The Morgan fingerprint density at radius 2 is 2.19 bits per heavy atom. The predicted octanol–water partition coefficient (Wildman–Crippen LogP) is -1.18. The molecule has 2 aromatic heterocycles. The number of likely N-dealkylation sites (N-methyl/N-ethyl adjacent to an activating group) is 1. The van der Waals surface area contributed by atoms with E-state index in [2.05, 4.69) is 15.1 Å². The Balaban J connectivity index is 2.03. The summed E-state index contributed by atoms with van der Waals surface area (Å²) in [7, 11) is 3.81. The van der Waals surface area contributed by atoms with Gasteiger partial charge in [-0.25, -0.2) is 9.66 Å². The molecule has 3 rings (SSSR count). The van der Waals surface area contributed by atoms with Crippen molar-refractivity contribution in [2.24, 2.45) is 12.0 Å². The van der Waals surface area contributed by atoms with Crippen LogP contribution in [0.25, 0.3) is 0 Å². The molecule has 1 aliphatic rings. The van der Waals surface area contributed by atoms with Crippen molar-refractivity contribution in [1.82, 2.24) is 19.4 Å². The maximum absolute atomic E-state index is 9.35. The normalized spacial score (nSPS) is 15.1. The Morgan fingerprint density at radius 3 is 2.86 bits per heavy atom. The second-order valence-corrected chi connectivity index (χ2v) is 5.11. The zero-order valence-electron chi connectivity index (χ0n) is 12.0. The lowest BCUT2D eigenvalue weighted by Crippen LogP contribution is -2.37. The van der Waals surface area contributed by atoms with E-state index >= 15 is 0 Å². The van der Waals surface area contributed by atoms with Gasteiger partial charge < -0.3 is 15.2 Å². The highest BCUT2D eigenvalue weighted by Gasteiger charge is 2.19. The van der Waals surface area contributed by atoms with Gasteiger partial charge in [-0.3, -0.25) is 9.67 Å². The number of hydrogen-bond acceptors (Lipinski definition) is 6. The summed E-state index contributed by atoms with van der Waals surface area (Å²) in [5.74, 6) is 0.785. The minimum Gasteiger partial charge on any atom is -0.363 e. The number of aryl methyl sites for hydroxylation is 1. The SMILES string of the molecule is CN1CCc2nc(C(O)O)cc(=NCc3cnn(C)c3)n21. The molecule has 1 aliphatic heterocycles. The molecule has 0 unspecified atom stereocenters. The fourth-order valence-corrected chi connectivity index (χ4v) is 2.42. The van der Waals surface area contributed by atoms with Crippen molar-refractivity contribution in [3.63, 3.8) is 0 Å². The fourth-order valence-electron chi connectivity index (χ4n) is 2.42. The van der Waals surface area contributed by atoms with E-state index in [1.54, 1.807) is 16.9 Å². The van der Waals surface area contributed by atoms with Gasteiger partial charge in [0.2, 0.25) is 0 Å². The number of aliphatic hydroxyl groups excluding tert-OH is 1. The van der Waals surface area contributed by atoms with Crippen LogP contribution in [-0.4, -0.2) is 43.2 Å². The van der Waals surface area contributed by atoms with Crippen LogP contribution in [0.2, 0.25) is 0 Å². The van der Waals surface area contributed by atoms with Gasteiger partial charge in [0.05, 0.1) is 12.7 Å². The second kappa shape index (κ2) is 5.30. The molecule has 2 aromatic rings. The third-order valence-electron chi connectivity index (χ3n) is 3.44. The van der Waals surface area contributed by atoms with Crippen molar-refractivity contribution in [2.75, 3.05) is 18.6 Å². The van der Waals surface area contributed by atoms with Crippen LogP contribution in [0.4, 0.5) is 0 Å². The van der Waals surface area contributed by atoms with Gasteiger partial charge in [0.15, 0.2) is 11.8 Å². The van der Waals surface area contributed by atoms with Gasteiger partial charge in [-0.2, -0.15) is 5.10 Å². The molecule has 0 aliphatic carbocycles. The predicted molar refractivity (Wildman–Crippen MR) is 74.6 cm³/mol. The van der Waals surface area contributed by atoms with Gasteiger partial charge in [-0.05, 0) is 0 Å². The van der Waals surface area contributed by atoms with Gasteiger partial charge >= 0.3 is 0 Å². The highest BCUT2D eigenvalue weighted by Crippen LogP contribution is 2.10. The topological polar surface area (TPSA) is 91.7 Å². The lowest BCUT2D eigenvalue weighted by Gasteiger charge is -2.17. The smallest absolute Gasteiger partial charge is 0.196 e. The quantitative estimate of drug-likeness (QED) is 0.695. The first kappa shape index (κ1) is 13.8. The van der Waals surface area contributed by atoms with Gasteiger partial charge in [0.1, 0.15) is 11.5 Å². The van der Waals surface area contributed by atoms with Crippen LogP contribution in [-0.2, 0) is 20.0 Å². The lowest BCUT2D eigenvalue weighted by atomic mass is 10.3. The average molecular weight is 290 g/mol. The molecule has 0 fully saturated rings. The Labute approximate surface area is 121 Å². The minimum atomic E-state index is -1.59. The molecule has 0 saturated carbocycles. The van der Waals surface area contributed by atoms with Crippen LogP contribution >= 0.6 is 0 Å². The molecule has 21 heavy (non-hydrogen) atoms. The molecule has 112 valence electrons. The standard InChI is InChI=1S/C13H18N6O2/c1-17-8-9(7-15-17)6-14-12-5-10(13(20)21)16-11-3-4-18(2)19(11)12/h5,7-8,13,20-21H,3-4,6H2,1-2H3. The summed E-state index contributed by atoms with van der Waals surface area (Å²) in [4.78, 5) is 8.83. The van der Waals surface area contributed by atoms with Crippen molar-refractivity contribution >= 4 is 0 Å². The van der Waals surface area contributed by atoms with Gasteiger partial charge in [0, 0.05) is 44.9 Å². The molecular formula is C13H18N6O2. The van der Waals surface area contributed by atoms with E-state index in [0.29, 0.717) is 12.0 Å². The fraction of sp³-hybridized carbons (Fsp3) is 0.462. The van der Waals surface area contributed by atoms with Crippen molar-refractivity contribution in [3.8, 4) is 0 Å². The highest BCUT2D eigenvalue weighted by molar-refractivity contribution is 5.13. The summed E-state index contributed by atoms with van der Waals surface area (Å²) in [6, 6.07) is 1.60. The van der Waals surface area contributed by atoms with E-state index in [0.717, 1.165) is 24.4 Å². The van der Waals surface area contributed by atoms with Crippen molar-refractivity contribution < 1.29 is 10.2 Å². The maximum atomic E-state index is 9.35. The zero-order chi connectivity index (χ0) is 15.0. The number of aromatic nitrogens is 4. The first-order valence-electron chi connectivity index (χ1n) is 6.73. The first-order chi connectivity index (χ1) is 10.0. The lowest BCUT2D eigenvalue weighted by molar-refractivity contribution is -0.0462. The summed E-state index contributed by atoms with van der Waals surface area (Å²) < 4.78 is 3.63. The van der Waals surface area contributed by atoms with E-state index in [1.165, 1.54) is 0 Å². The van der Waals surface area contributed by atoms with E-state index < -0.39 is 6.29 Å². The second-order valence-electron chi connectivity index (χ2n) is 5.11. The number of fused-ring (bicyclic) bond motifs is 1. The van der Waals surface area contributed by atoms with E-state index in [9.17, 15) is 10.2 Å². The van der Waals surface area contributed by atoms with Crippen LogP contribution in [0, 0.1) is 0 Å². The molecule has 0 bridgehead atoms. The third kappa shape index (κ3) is 2.67. The summed E-state index contributed by atoms with van der Waals surface area (Å²) in [6.07, 6.45) is 2.84. The van der Waals surface area contributed by atoms with E-state index in [4.69, 9.17) is 0 Å². The Morgan fingerprint density at radius 1 is 1.38 bits per heavy atom. The summed E-state index contributed by atoms with van der Waals surface area (Å²) in [5, 5.41) is 24.8.